The van der Waals surface area contributed by atoms with Crippen LogP contribution in [0.2, 0.25) is 0 Å². The molecular weight excluding hydrogens is 458 g/mol. The number of nitrogens with one attached hydrogen (secondary N) is 1. The van der Waals surface area contributed by atoms with Crippen LogP contribution in [0.5, 0.6) is 5.75 Å². The highest BCUT2D eigenvalue weighted by atomic mass is 16.5. The van der Waals surface area contributed by atoms with Crippen LogP contribution in [0.15, 0.2) is 83.5 Å². The first kappa shape index (κ1) is 24.4. The molecule has 0 atom stereocenters. The molecule has 4 aromatic carbocycles. The first-order valence-corrected chi connectivity index (χ1v) is 12.6. The van der Waals surface area contributed by atoms with Gasteiger partial charge in [0.05, 0.1) is 12.9 Å². The fourth-order valence-electron chi connectivity index (χ4n) is 5.02. The van der Waals surface area contributed by atoms with Gasteiger partial charge in [-0.1, -0.05) is 42.5 Å². The summed E-state index contributed by atoms with van der Waals surface area (Å²) in [6.07, 6.45) is 3.45. The third kappa shape index (κ3) is 4.88. The molecule has 4 nitrogen and oxygen atoms in total. The molecule has 0 spiro atoms. The number of hydrogen-bond acceptors (Lipinski definition) is 3. The van der Waals surface area contributed by atoms with Crippen LogP contribution in [0.25, 0.3) is 38.4 Å². The van der Waals surface area contributed by atoms with Gasteiger partial charge in [-0.25, -0.2) is 0 Å². The summed E-state index contributed by atoms with van der Waals surface area (Å²) in [5.74, 6) is 0.562. The van der Waals surface area contributed by atoms with Gasteiger partial charge in [0.15, 0.2) is 0 Å². The fourth-order valence-corrected chi connectivity index (χ4v) is 5.02. The van der Waals surface area contributed by atoms with Gasteiger partial charge in [0, 0.05) is 33.8 Å². The van der Waals surface area contributed by atoms with Crippen molar-refractivity contribution in [2.24, 2.45) is 0 Å². The van der Waals surface area contributed by atoms with Crippen LogP contribution in [0, 0.1) is 20.8 Å². The van der Waals surface area contributed by atoms with Crippen LogP contribution in [0.1, 0.15) is 36.1 Å². The summed E-state index contributed by atoms with van der Waals surface area (Å²) in [6.45, 7) is 10.5. The third-order valence-electron chi connectivity index (χ3n) is 6.65. The molecule has 1 aromatic heterocycles. The lowest BCUT2D eigenvalue weighted by atomic mass is 9.95. The summed E-state index contributed by atoms with van der Waals surface area (Å²) >= 11 is 0. The van der Waals surface area contributed by atoms with Crippen molar-refractivity contribution < 1.29 is 13.9 Å². The van der Waals surface area contributed by atoms with Crippen molar-refractivity contribution >= 4 is 38.9 Å². The number of allylic oxidation sites excluding steroid dienone is 1. The van der Waals surface area contributed by atoms with Crippen LogP contribution < -0.4 is 10.1 Å². The Hall–Kier alpha value is -4.31. The highest BCUT2D eigenvalue weighted by Crippen LogP contribution is 2.41. The van der Waals surface area contributed by atoms with Crippen LogP contribution >= 0.6 is 0 Å². The molecule has 5 aromatic rings. The number of hydrogen-bond donors (Lipinski definition) is 1. The van der Waals surface area contributed by atoms with E-state index in [4.69, 9.17) is 9.15 Å². The Morgan fingerprint density at radius 3 is 2.41 bits per heavy atom. The number of aryl methyl sites for hydroxylation is 3. The Morgan fingerprint density at radius 2 is 1.68 bits per heavy atom. The van der Waals surface area contributed by atoms with Crippen molar-refractivity contribution in [1.82, 2.24) is 0 Å². The van der Waals surface area contributed by atoms with Gasteiger partial charge in [-0.05, 0) is 91.9 Å². The molecule has 1 amide bonds. The molecule has 0 bridgehead atoms. The molecule has 1 heterocycles. The standard InChI is InChI=1S/C33H31NO3/c1-6-36-32-23(5)33-29(30(19-37-33)26-12-11-24-9-7-8-10-25(24)17-26)18-28(32)22(4)16-31(35)34-27-14-20(2)13-21(3)15-27/h7-19H,6H2,1-5H3,(H,34,35)/b22-16+. The van der Waals surface area contributed by atoms with E-state index in [0.29, 0.717) is 6.61 Å². The number of amides is 1. The number of anilines is 1. The van der Waals surface area contributed by atoms with Crippen molar-refractivity contribution in [1.29, 1.82) is 0 Å². The number of benzene rings is 4. The second-order valence-corrected chi connectivity index (χ2v) is 9.59. The molecule has 4 heteroatoms. The van der Waals surface area contributed by atoms with E-state index in [1.807, 2.05) is 65.1 Å². The highest BCUT2D eigenvalue weighted by molar-refractivity contribution is 6.06. The zero-order valence-electron chi connectivity index (χ0n) is 21.9. The summed E-state index contributed by atoms with van der Waals surface area (Å²) in [7, 11) is 0. The zero-order valence-corrected chi connectivity index (χ0v) is 21.9. The minimum absolute atomic E-state index is 0.176. The lowest BCUT2D eigenvalue weighted by molar-refractivity contribution is -0.111. The van der Waals surface area contributed by atoms with E-state index in [2.05, 4.69) is 47.8 Å². The largest absolute Gasteiger partial charge is 0.493 e. The number of fused-ring (bicyclic) bond motifs is 2. The average Bonchev–Trinajstić information content (AvgIpc) is 3.29. The maximum atomic E-state index is 13.0. The number of ether oxygens (including phenoxy) is 1. The first-order chi connectivity index (χ1) is 17.8. The molecule has 37 heavy (non-hydrogen) atoms. The highest BCUT2D eigenvalue weighted by Gasteiger charge is 2.19. The summed E-state index contributed by atoms with van der Waals surface area (Å²) in [5, 5.41) is 6.37. The molecule has 0 aliphatic carbocycles. The van der Waals surface area contributed by atoms with Crippen LogP contribution in [-0.4, -0.2) is 12.5 Å². The van der Waals surface area contributed by atoms with E-state index in [1.54, 1.807) is 6.08 Å². The van der Waals surface area contributed by atoms with Crippen LogP contribution in [0.3, 0.4) is 0 Å². The van der Waals surface area contributed by atoms with Crippen molar-refractivity contribution in [3.05, 3.63) is 101 Å². The van der Waals surface area contributed by atoms with Gasteiger partial charge in [0.2, 0.25) is 5.91 Å². The quantitative estimate of drug-likeness (QED) is 0.243. The van der Waals surface area contributed by atoms with Crippen molar-refractivity contribution in [2.75, 3.05) is 11.9 Å². The maximum Gasteiger partial charge on any atom is 0.248 e. The maximum absolute atomic E-state index is 13.0. The molecule has 186 valence electrons. The van der Waals surface area contributed by atoms with Gasteiger partial charge in [0.1, 0.15) is 11.3 Å². The molecule has 0 aliphatic heterocycles. The van der Waals surface area contributed by atoms with Crippen molar-refractivity contribution in [3.8, 4) is 16.9 Å². The lowest BCUT2D eigenvalue weighted by Crippen LogP contribution is -2.09. The zero-order chi connectivity index (χ0) is 26.1. The molecule has 0 aliphatic rings. The van der Waals surface area contributed by atoms with Crippen molar-refractivity contribution in [2.45, 2.75) is 34.6 Å². The SMILES string of the molecule is CCOc1c(/C(C)=C/C(=O)Nc2cc(C)cc(C)c2)cc2c(-c3ccc4ccccc4c3)coc2c1C. The second-order valence-electron chi connectivity index (χ2n) is 9.59. The van der Waals surface area contributed by atoms with Gasteiger partial charge in [-0.2, -0.15) is 0 Å². The Balaban J connectivity index is 1.58. The average molecular weight is 490 g/mol. The summed E-state index contributed by atoms with van der Waals surface area (Å²) < 4.78 is 12.1. The molecule has 1 N–H and O–H groups in total. The molecular formula is C33H31NO3. The van der Waals surface area contributed by atoms with E-state index >= 15 is 0 Å². The van der Waals surface area contributed by atoms with E-state index in [1.165, 1.54) is 10.8 Å². The van der Waals surface area contributed by atoms with Crippen LogP contribution in [0.4, 0.5) is 5.69 Å². The van der Waals surface area contributed by atoms with Gasteiger partial charge in [-0.3, -0.25) is 4.79 Å². The predicted molar refractivity (Wildman–Crippen MR) is 153 cm³/mol. The molecule has 0 radical (unpaired) electrons. The van der Waals surface area contributed by atoms with E-state index in [9.17, 15) is 4.79 Å². The molecule has 5 rings (SSSR count). The number of carbonyl (C=O) groups excluding carboxylic acids is 1. The molecule has 0 fully saturated rings. The lowest BCUT2D eigenvalue weighted by Gasteiger charge is -2.15. The van der Waals surface area contributed by atoms with Crippen molar-refractivity contribution in [3.63, 3.8) is 0 Å². The van der Waals surface area contributed by atoms with Gasteiger partial charge in [-0.15, -0.1) is 0 Å². The molecule has 0 unspecified atom stereocenters. The summed E-state index contributed by atoms with van der Waals surface area (Å²) in [6, 6.07) is 22.9. The Labute approximate surface area is 217 Å². The summed E-state index contributed by atoms with van der Waals surface area (Å²) in [5.41, 5.74) is 8.52. The summed E-state index contributed by atoms with van der Waals surface area (Å²) in [4.78, 5) is 13.0. The van der Waals surface area contributed by atoms with Gasteiger partial charge in [0.25, 0.3) is 0 Å². The molecule has 0 saturated heterocycles. The fraction of sp³-hybridized carbons (Fsp3) is 0.182. The van der Waals surface area contributed by atoms with Gasteiger partial charge >= 0.3 is 0 Å². The monoisotopic (exact) mass is 489 g/mol. The second kappa shape index (κ2) is 9.98. The smallest absolute Gasteiger partial charge is 0.248 e. The topological polar surface area (TPSA) is 51.5 Å². The van der Waals surface area contributed by atoms with E-state index in [-0.39, 0.29) is 5.91 Å². The predicted octanol–water partition coefficient (Wildman–Crippen LogP) is 8.62. The van der Waals surface area contributed by atoms with Gasteiger partial charge < -0.3 is 14.5 Å². The van der Waals surface area contributed by atoms with E-state index in [0.717, 1.165) is 61.4 Å². The Bertz CT molecular complexity index is 1650. The minimum atomic E-state index is -0.176. The number of carbonyl (C=O) groups is 1. The number of rotatable bonds is 6. The van der Waals surface area contributed by atoms with Crippen LogP contribution in [-0.2, 0) is 4.79 Å². The number of furan rings is 1. The Kier molecular flexibility index (Phi) is 6.58. The van der Waals surface area contributed by atoms with E-state index < -0.39 is 0 Å². The Morgan fingerprint density at radius 1 is 0.946 bits per heavy atom. The first-order valence-electron chi connectivity index (χ1n) is 12.6. The minimum Gasteiger partial charge on any atom is -0.493 e. The molecule has 0 saturated carbocycles. The normalized spacial score (nSPS) is 11.8. The third-order valence-corrected chi connectivity index (χ3v) is 6.65.